The molecular weight excluding hydrogens is 522 g/mol. The SMILES string of the molecule is CCOc1cc([C@@H]2NC(=O)NC(C)=C2C(=O)OC)ccc1OC[C@@H](O)N/N=C\c1ccc(OCC#N)c(OC)c1. The molecule has 0 saturated carbocycles. The summed E-state index contributed by atoms with van der Waals surface area (Å²) in [6, 6.07) is 10.7. The lowest BCUT2D eigenvalue weighted by Gasteiger charge is -2.28. The maximum atomic E-state index is 12.4. The van der Waals surface area contributed by atoms with Crippen LogP contribution in [0.15, 0.2) is 52.8 Å². The molecule has 40 heavy (non-hydrogen) atoms. The summed E-state index contributed by atoms with van der Waals surface area (Å²) in [4.78, 5) is 24.5. The van der Waals surface area contributed by atoms with Crippen LogP contribution in [0, 0.1) is 11.3 Å². The van der Waals surface area contributed by atoms with E-state index in [1.165, 1.54) is 20.4 Å². The normalized spacial score (nSPS) is 15.4. The van der Waals surface area contributed by atoms with Gasteiger partial charge in [0.25, 0.3) is 0 Å². The third-order valence-electron chi connectivity index (χ3n) is 5.59. The highest BCUT2D eigenvalue weighted by atomic mass is 16.5. The summed E-state index contributed by atoms with van der Waals surface area (Å²) in [5.41, 5.74) is 4.46. The van der Waals surface area contributed by atoms with Crippen molar-refractivity contribution in [3.8, 4) is 29.1 Å². The van der Waals surface area contributed by atoms with E-state index < -0.39 is 24.3 Å². The lowest BCUT2D eigenvalue weighted by Crippen LogP contribution is -2.45. The van der Waals surface area contributed by atoms with Gasteiger partial charge < -0.3 is 39.4 Å². The first-order valence-corrected chi connectivity index (χ1v) is 12.2. The molecule has 2 amide bonds. The van der Waals surface area contributed by atoms with Crippen LogP contribution in [0.4, 0.5) is 4.79 Å². The number of nitriles is 1. The summed E-state index contributed by atoms with van der Waals surface area (Å²) < 4.78 is 26.9. The van der Waals surface area contributed by atoms with E-state index in [2.05, 4.69) is 21.2 Å². The third-order valence-corrected chi connectivity index (χ3v) is 5.59. The molecule has 2 aromatic carbocycles. The zero-order valence-corrected chi connectivity index (χ0v) is 22.5. The minimum Gasteiger partial charge on any atom is -0.493 e. The fraction of sp³-hybridized carbons (Fsp3) is 0.333. The second-order valence-electron chi connectivity index (χ2n) is 8.27. The van der Waals surface area contributed by atoms with Crippen molar-refractivity contribution in [2.45, 2.75) is 26.1 Å². The molecule has 3 rings (SSSR count). The van der Waals surface area contributed by atoms with Crippen molar-refractivity contribution in [3.05, 3.63) is 58.8 Å². The van der Waals surface area contributed by atoms with Crippen LogP contribution >= 0.6 is 0 Å². The number of nitrogens with one attached hydrogen (secondary N) is 3. The first-order valence-electron chi connectivity index (χ1n) is 12.2. The number of allylic oxidation sites excluding steroid dienone is 1. The molecule has 13 nitrogen and oxygen atoms in total. The maximum absolute atomic E-state index is 12.4. The summed E-state index contributed by atoms with van der Waals surface area (Å²) in [6.07, 6.45) is 0.313. The molecule has 212 valence electrons. The van der Waals surface area contributed by atoms with E-state index in [1.807, 2.05) is 6.07 Å². The molecule has 0 unspecified atom stereocenters. The first kappa shape index (κ1) is 29.6. The van der Waals surface area contributed by atoms with Crippen molar-refractivity contribution in [1.29, 1.82) is 5.26 Å². The average molecular weight is 554 g/mol. The predicted octanol–water partition coefficient (Wildman–Crippen LogP) is 2.12. The van der Waals surface area contributed by atoms with E-state index in [-0.39, 0.29) is 18.8 Å². The number of carbonyl (C=O) groups is 2. The third kappa shape index (κ3) is 7.55. The Morgan fingerprint density at radius 2 is 1.90 bits per heavy atom. The minimum absolute atomic E-state index is 0.106. The molecule has 1 aliphatic rings. The highest BCUT2D eigenvalue weighted by molar-refractivity contribution is 5.95. The van der Waals surface area contributed by atoms with Gasteiger partial charge in [-0.05, 0) is 55.3 Å². The van der Waals surface area contributed by atoms with E-state index in [1.54, 1.807) is 50.2 Å². The number of hydrogen-bond donors (Lipinski definition) is 4. The standard InChI is InChI=1S/C27H31N5O8/c1-5-38-22-13-18(25-24(26(34)37-4)16(2)30-27(35)31-25)7-9-20(22)40-15-23(33)32-29-14-17-6-8-19(39-11-10-28)21(12-17)36-3/h6-9,12-14,23,25,32-33H,5,11,15H2,1-4H3,(H2,30,31,35)/b29-14-/t23-,25+/m1/s1. The summed E-state index contributed by atoms with van der Waals surface area (Å²) in [7, 11) is 2.75. The fourth-order valence-corrected chi connectivity index (χ4v) is 3.81. The predicted molar refractivity (Wildman–Crippen MR) is 143 cm³/mol. The van der Waals surface area contributed by atoms with Crippen LogP contribution in [0.3, 0.4) is 0 Å². The summed E-state index contributed by atoms with van der Waals surface area (Å²) in [5, 5.41) is 28.3. The Kier molecular flexibility index (Phi) is 10.6. The van der Waals surface area contributed by atoms with Crippen molar-refractivity contribution < 1.29 is 38.4 Å². The van der Waals surface area contributed by atoms with Crippen molar-refractivity contribution in [1.82, 2.24) is 16.1 Å². The molecule has 0 aliphatic carbocycles. The Hall–Kier alpha value is -4.96. The molecule has 2 atom stereocenters. The van der Waals surface area contributed by atoms with Crippen LogP contribution in [-0.2, 0) is 9.53 Å². The zero-order chi connectivity index (χ0) is 29.1. The molecule has 4 N–H and O–H groups in total. The van der Waals surface area contributed by atoms with Crippen LogP contribution in [0.1, 0.15) is 31.0 Å². The number of ether oxygens (including phenoxy) is 5. The van der Waals surface area contributed by atoms with Gasteiger partial charge in [-0.15, -0.1) is 0 Å². The molecular formula is C27H31N5O8. The number of hydrogen-bond acceptors (Lipinski definition) is 11. The lowest BCUT2D eigenvalue weighted by molar-refractivity contribution is -0.136. The molecule has 0 fully saturated rings. The monoisotopic (exact) mass is 553 g/mol. The number of rotatable bonds is 13. The maximum Gasteiger partial charge on any atom is 0.337 e. The van der Waals surface area contributed by atoms with Crippen LogP contribution in [0.2, 0.25) is 0 Å². The molecule has 0 bridgehead atoms. The van der Waals surface area contributed by atoms with Gasteiger partial charge in [-0.3, -0.25) is 5.43 Å². The van der Waals surface area contributed by atoms with Gasteiger partial charge in [0.05, 0.1) is 38.7 Å². The zero-order valence-electron chi connectivity index (χ0n) is 22.5. The van der Waals surface area contributed by atoms with Gasteiger partial charge in [-0.2, -0.15) is 10.4 Å². The first-order chi connectivity index (χ1) is 19.3. The highest BCUT2D eigenvalue weighted by Gasteiger charge is 2.32. The Balaban J connectivity index is 1.67. The van der Waals surface area contributed by atoms with E-state index in [4.69, 9.17) is 28.9 Å². The number of aliphatic hydroxyl groups excluding tert-OH is 1. The number of hydrazone groups is 1. The molecule has 0 saturated heterocycles. The summed E-state index contributed by atoms with van der Waals surface area (Å²) in [5.74, 6) is 0.979. The van der Waals surface area contributed by atoms with Gasteiger partial charge in [0.15, 0.2) is 35.8 Å². The average Bonchev–Trinajstić information content (AvgIpc) is 2.95. The minimum atomic E-state index is -1.16. The van der Waals surface area contributed by atoms with Gasteiger partial charge in [0, 0.05) is 5.70 Å². The van der Waals surface area contributed by atoms with Crippen molar-refractivity contribution in [2.24, 2.45) is 5.10 Å². The van der Waals surface area contributed by atoms with E-state index in [9.17, 15) is 14.7 Å². The lowest BCUT2D eigenvalue weighted by atomic mass is 9.95. The molecule has 1 aliphatic heterocycles. The number of esters is 1. The Bertz CT molecular complexity index is 1320. The molecule has 0 radical (unpaired) electrons. The quantitative estimate of drug-likeness (QED) is 0.125. The van der Waals surface area contributed by atoms with E-state index in [0.717, 1.165) is 0 Å². The van der Waals surface area contributed by atoms with Gasteiger partial charge >= 0.3 is 12.0 Å². The number of amides is 2. The van der Waals surface area contributed by atoms with Crippen molar-refractivity contribution >= 4 is 18.2 Å². The van der Waals surface area contributed by atoms with Crippen LogP contribution in [0.5, 0.6) is 23.0 Å². The second kappa shape index (κ2) is 14.3. The van der Waals surface area contributed by atoms with Gasteiger partial charge in [-0.25, -0.2) is 9.59 Å². The number of aliphatic hydroxyl groups is 1. The van der Waals surface area contributed by atoms with E-state index >= 15 is 0 Å². The number of carbonyl (C=O) groups excluding carboxylic acids is 2. The van der Waals surface area contributed by atoms with Crippen molar-refractivity contribution in [2.75, 3.05) is 34.0 Å². The highest BCUT2D eigenvalue weighted by Crippen LogP contribution is 2.35. The molecule has 0 spiro atoms. The number of urea groups is 1. The smallest absolute Gasteiger partial charge is 0.337 e. The van der Waals surface area contributed by atoms with Crippen LogP contribution in [0.25, 0.3) is 0 Å². The van der Waals surface area contributed by atoms with Gasteiger partial charge in [0.2, 0.25) is 0 Å². The molecule has 13 heteroatoms. The Morgan fingerprint density at radius 3 is 2.60 bits per heavy atom. The number of benzene rings is 2. The van der Waals surface area contributed by atoms with Gasteiger partial charge in [-0.1, -0.05) is 6.07 Å². The Labute approximate surface area is 231 Å². The molecule has 0 aromatic heterocycles. The summed E-state index contributed by atoms with van der Waals surface area (Å²) in [6.45, 7) is 3.47. The fourth-order valence-electron chi connectivity index (χ4n) is 3.81. The van der Waals surface area contributed by atoms with E-state index in [0.29, 0.717) is 46.4 Å². The van der Waals surface area contributed by atoms with Crippen LogP contribution < -0.4 is 35.0 Å². The number of nitrogens with zero attached hydrogens (tertiary/aromatic N) is 2. The molecule has 2 aromatic rings. The Morgan fingerprint density at radius 1 is 1.15 bits per heavy atom. The molecule has 1 heterocycles. The second-order valence-corrected chi connectivity index (χ2v) is 8.27. The topological polar surface area (TPSA) is 173 Å². The summed E-state index contributed by atoms with van der Waals surface area (Å²) >= 11 is 0. The van der Waals surface area contributed by atoms with Crippen LogP contribution in [-0.4, -0.2) is 63.6 Å². The largest absolute Gasteiger partial charge is 0.493 e. The van der Waals surface area contributed by atoms with Gasteiger partial charge in [0.1, 0.15) is 12.7 Å². The van der Waals surface area contributed by atoms with Crippen molar-refractivity contribution in [3.63, 3.8) is 0 Å². The number of methoxy groups -OCH3 is 2.